The summed E-state index contributed by atoms with van der Waals surface area (Å²) in [5.41, 5.74) is 1.42. The predicted molar refractivity (Wildman–Crippen MR) is 320 cm³/mol. The monoisotopic (exact) mass is 1280 g/mol. The summed E-state index contributed by atoms with van der Waals surface area (Å²) in [5, 5.41) is 9.72. The van der Waals surface area contributed by atoms with Crippen LogP contribution in [0.2, 0.25) is 0 Å². The van der Waals surface area contributed by atoms with Crippen LogP contribution < -0.4 is 18.9 Å². The number of benzene rings is 3. The van der Waals surface area contributed by atoms with Crippen molar-refractivity contribution >= 4 is 83.2 Å². The predicted octanol–water partition coefficient (Wildman–Crippen LogP) is 9.59. The Kier molecular flexibility index (Phi) is 28.1. The third kappa shape index (κ3) is 23.0. The van der Waals surface area contributed by atoms with Crippen molar-refractivity contribution in [1.29, 1.82) is 5.26 Å². The Hall–Kier alpha value is -8.78. The van der Waals surface area contributed by atoms with Crippen LogP contribution >= 0.6 is 23.5 Å². The Morgan fingerprint density at radius 2 is 0.911 bits per heavy atom. The summed E-state index contributed by atoms with van der Waals surface area (Å²) in [6, 6.07) is 18.3. The van der Waals surface area contributed by atoms with E-state index in [1.165, 1.54) is 12.1 Å². The maximum Gasteiger partial charge on any atom is 0.330 e. The Morgan fingerprint density at radius 3 is 1.32 bits per heavy atom. The summed E-state index contributed by atoms with van der Waals surface area (Å²) >= 11 is 2.11. The molecular formula is C65H70N2O21S2. The van der Waals surface area contributed by atoms with Gasteiger partial charge in [-0.25, -0.2) is 19.7 Å². The maximum absolute atomic E-state index is 13.7. The van der Waals surface area contributed by atoms with Gasteiger partial charge in [-0.2, -0.15) is 0 Å². The number of thioether (sulfide) groups is 2. The van der Waals surface area contributed by atoms with E-state index in [4.69, 9.17) is 58.7 Å². The highest BCUT2D eigenvalue weighted by atomic mass is 32.2. The van der Waals surface area contributed by atoms with Crippen LogP contribution in [0.4, 0.5) is 0 Å². The quantitative estimate of drug-likeness (QED) is 0.0144. The second-order valence-corrected chi connectivity index (χ2v) is 23.5. The van der Waals surface area contributed by atoms with Gasteiger partial charge in [0.2, 0.25) is 0 Å². The zero-order valence-corrected chi connectivity index (χ0v) is 51.7. The Morgan fingerprint density at radius 1 is 0.522 bits per heavy atom. The normalized spacial score (nSPS) is 18.1. The molecule has 0 amide bonds. The fourth-order valence-electron chi connectivity index (χ4n) is 9.26. The third-order valence-electron chi connectivity index (χ3n) is 14.2. The summed E-state index contributed by atoms with van der Waals surface area (Å²) in [6.07, 6.45) is 3.12. The number of nitriles is 1. The third-order valence-corrected chi connectivity index (χ3v) is 16.9. The number of ether oxygens (including phenoxy) is 11. The number of nitrogens with zero attached hydrogens (tertiary/aromatic N) is 2. The van der Waals surface area contributed by atoms with E-state index in [9.17, 15) is 53.2 Å². The van der Waals surface area contributed by atoms with E-state index in [1.807, 2.05) is 6.07 Å². The number of hydrogen-bond donors (Lipinski definition) is 0. The Bertz CT molecular complexity index is 3210. The van der Waals surface area contributed by atoms with Crippen LogP contribution in [-0.4, -0.2) is 111 Å². The highest BCUT2D eigenvalue weighted by molar-refractivity contribution is 8.24. The molecule has 0 saturated heterocycles. The van der Waals surface area contributed by atoms with E-state index in [2.05, 4.69) is 18.0 Å². The van der Waals surface area contributed by atoms with Crippen LogP contribution in [0.25, 0.3) is 4.85 Å². The molecule has 6 rings (SSSR count). The van der Waals surface area contributed by atoms with Gasteiger partial charge in [0.25, 0.3) is 5.70 Å². The van der Waals surface area contributed by atoms with Gasteiger partial charge >= 0.3 is 59.7 Å². The van der Waals surface area contributed by atoms with Crippen LogP contribution in [-0.2, 0) is 93.9 Å². The van der Waals surface area contributed by atoms with Crippen LogP contribution in [0.3, 0.4) is 0 Å². The Labute approximate surface area is 529 Å². The fourth-order valence-corrected chi connectivity index (χ4v) is 11.7. The van der Waals surface area contributed by atoms with E-state index in [0.717, 1.165) is 46.8 Å². The van der Waals surface area contributed by atoms with Gasteiger partial charge < -0.3 is 52.1 Å². The van der Waals surface area contributed by atoms with Crippen molar-refractivity contribution in [1.82, 2.24) is 0 Å². The minimum atomic E-state index is -0.699. The lowest BCUT2D eigenvalue weighted by atomic mass is 9.82. The van der Waals surface area contributed by atoms with E-state index in [0.29, 0.717) is 89.7 Å². The number of rotatable bonds is 31. The molecule has 0 aromatic heterocycles. The van der Waals surface area contributed by atoms with E-state index in [-0.39, 0.29) is 75.9 Å². The molecule has 2 saturated carbocycles. The first-order valence-electron chi connectivity index (χ1n) is 29.2. The second kappa shape index (κ2) is 36.0. The van der Waals surface area contributed by atoms with Gasteiger partial charge in [-0.15, -0.1) is 0 Å². The minimum Gasteiger partial charge on any atom is -0.465 e. The van der Waals surface area contributed by atoms with Gasteiger partial charge in [0, 0.05) is 25.0 Å². The van der Waals surface area contributed by atoms with Crippen LogP contribution in [0.1, 0.15) is 109 Å². The highest BCUT2D eigenvalue weighted by Crippen LogP contribution is 2.59. The topological polar surface area (TPSA) is 300 Å². The average molecular weight is 1280 g/mol. The standard InChI is InChI=1S/C65H70N2O21S2/c1-7-53(68)81-38-41(5)84-58(73)30-29-56(71)79-34-32-43-11-23-49(24-12-43)86-62(75)45-15-19-47(20-16-45)64(77)88-52-26-25-51(59-60(52)90-65(89-59)50(35-66)67-6)87-63(76)46-17-13-44(14-18-46)61(74)85-48-21-9-42(10-22-48)31-33-78-55(70)27-28-57(72)82-36-39(3)80-37-40(4)83-54(69)8-2/h7-12,21-26,39-41,44-47H,1-2,13-20,27-34,36-38H2,3-5H3/b65-50-. The van der Waals surface area contributed by atoms with Crippen molar-refractivity contribution in [2.75, 3.05) is 33.0 Å². The molecule has 1 heterocycles. The number of carbonyl (C=O) groups is 10. The molecule has 0 bridgehead atoms. The molecule has 3 unspecified atom stereocenters. The summed E-state index contributed by atoms with van der Waals surface area (Å²) in [7, 11) is 0. The van der Waals surface area contributed by atoms with Gasteiger partial charge in [-0.05, 0) is 120 Å². The first kappa shape index (κ1) is 70.3. The smallest absolute Gasteiger partial charge is 0.330 e. The van der Waals surface area contributed by atoms with Crippen molar-refractivity contribution in [3.8, 4) is 29.1 Å². The van der Waals surface area contributed by atoms with E-state index in [1.54, 1.807) is 69.3 Å². The first-order chi connectivity index (χ1) is 43.2. The first-order valence-corrected chi connectivity index (χ1v) is 30.9. The zero-order valence-electron chi connectivity index (χ0n) is 50.1. The minimum absolute atomic E-state index is 0.0479. The number of allylic oxidation sites excluding steroid dienone is 1. The summed E-state index contributed by atoms with van der Waals surface area (Å²) < 4.78 is 59.7. The molecule has 478 valence electrons. The molecule has 3 aliphatic rings. The fraction of sp³-hybridized carbons (Fsp3) is 0.446. The van der Waals surface area contributed by atoms with Crippen molar-refractivity contribution in [2.24, 2.45) is 23.7 Å². The molecule has 23 nitrogen and oxygen atoms in total. The lowest BCUT2D eigenvalue weighted by molar-refractivity contribution is -0.157. The molecule has 3 aromatic carbocycles. The van der Waals surface area contributed by atoms with Crippen molar-refractivity contribution in [3.63, 3.8) is 0 Å². The highest BCUT2D eigenvalue weighted by Gasteiger charge is 2.37. The molecule has 3 aromatic rings. The summed E-state index contributed by atoms with van der Waals surface area (Å²) in [5.74, 6) is -6.69. The average Bonchev–Trinajstić information content (AvgIpc) is 1.65. The molecule has 3 atom stereocenters. The summed E-state index contributed by atoms with van der Waals surface area (Å²) in [6.45, 7) is 19.1. The molecule has 1 aliphatic heterocycles. The Balaban J connectivity index is 0.885. The van der Waals surface area contributed by atoms with Gasteiger partial charge in [0.1, 0.15) is 48.4 Å². The molecular weight excluding hydrogens is 1210 g/mol. The van der Waals surface area contributed by atoms with E-state index >= 15 is 0 Å². The molecule has 2 fully saturated rings. The van der Waals surface area contributed by atoms with Gasteiger partial charge in [-0.1, -0.05) is 60.9 Å². The number of hydrogen-bond acceptors (Lipinski definition) is 24. The molecule has 2 aliphatic carbocycles. The SMILES string of the molecule is [C-]#[N+]/C(C#N)=C1/Sc2c(OC(=O)C3CCC(C(=O)Oc4ccc(CCOC(=O)CCC(=O)OCC(C)OCC(C)OC(=O)C=C)cc4)CC3)ccc(OC(=O)C3CCC(C(=O)Oc4ccc(CCOC(=O)CCC(=O)OC(C)COC(=O)C=C)cc4)CC3)c2S1. The van der Waals surface area contributed by atoms with Gasteiger partial charge in [0.15, 0.2) is 0 Å². The summed E-state index contributed by atoms with van der Waals surface area (Å²) in [4.78, 5) is 129. The van der Waals surface area contributed by atoms with Crippen LogP contribution in [0.5, 0.6) is 23.0 Å². The van der Waals surface area contributed by atoms with Crippen LogP contribution in [0, 0.1) is 41.6 Å². The molecule has 90 heavy (non-hydrogen) atoms. The van der Waals surface area contributed by atoms with Gasteiger partial charge in [0.05, 0.1) is 102 Å². The van der Waals surface area contributed by atoms with Crippen LogP contribution in [0.15, 0.2) is 106 Å². The molecule has 0 radical (unpaired) electrons. The number of esters is 10. The molecule has 25 heteroatoms. The maximum atomic E-state index is 13.7. The van der Waals surface area contributed by atoms with E-state index < -0.39 is 102 Å². The zero-order chi connectivity index (χ0) is 65.1. The van der Waals surface area contributed by atoms with Crippen molar-refractivity contribution in [3.05, 3.63) is 118 Å². The number of fused-ring (bicyclic) bond motifs is 1. The lowest BCUT2D eigenvalue weighted by Gasteiger charge is -2.26. The largest absolute Gasteiger partial charge is 0.465 e. The molecule has 0 N–H and O–H groups in total. The lowest BCUT2D eigenvalue weighted by Crippen LogP contribution is -2.30. The van der Waals surface area contributed by atoms with Crippen molar-refractivity contribution in [2.45, 2.75) is 139 Å². The van der Waals surface area contributed by atoms with Gasteiger partial charge in [-0.3, -0.25) is 38.4 Å². The molecule has 0 spiro atoms. The number of carbonyl (C=O) groups excluding carboxylic acids is 10. The van der Waals surface area contributed by atoms with Crippen molar-refractivity contribution < 1.29 is 100 Å². The second-order valence-electron chi connectivity index (χ2n) is 21.2.